The Kier molecular flexibility index (Phi) is 12.1. The fourth-order valence-corrected chi connectivity index (χ4v) is 2.99. The predicted molar refractivity (Wildman–Crippen MR) is 124 cm³/mol. The molecule has 0 aliphatic carbocycles. The van der Waals surface area contributed by atoms with Crippen molar-refractivity contribution in [1.29, 1.82) is 0 Å². The maximum absolute atomic E-state index is 13.1. The molecule has 1 aromatic heterocycles. The topological polar surface area (TPSA) is 244 Å². The van der Waals surface area contributed by atoms with Gasteiger partial charge in [-0.3, -0.25) is 24.2 Å². The molecule has 14 nitrogen and oxygen atoms in total. The highest BCUT2D eigenvalue weighted by Crippen LogP contribution is 2.10. The Labute approximate surface area is 197 Å². The third kappa shape index (κ3) is 10.3. The summed E-state index contributed by atoms with van der Waals surface area (Å²) in [6, 6.07) is -2.94. The molecule has 4 atom stereocenters. The van der Waals surface area contributed by atoms with Crippen LogP contribution < -0.4 is 33.2 Å². The van der Waals surface area contributed by atoms with E-state index in [2.05, 4.69) is 30.9 Å². The molecule has 14 heteroatoms. The maximum Gasteiger partial charge on any atom is 0.322 e. The first-order valence-corrected chi connectivity index (χ1v) is 10.9. The zero-order valence-corrected chi connectivity index (χ0v) is 19.4. The Hall–Kier alpha value is -3.68. The van der Waals surface area contributed by atoms with Gasteiger partial charge in [-0.2, -0.15) is 0 Å². The van der Waals surface area contributed by atoms with Gasteiger partial charge in [-0.1, -0.05) is 20.3 Å². The van der Waals surface area contributed by atoms with E-state index in [0.717, 1.165) is 0 Å². The lowest BCUT2D eigenvalue weighted by molar-refractivity contribution is -0.138. The first-order chi connectivity index (χ1) is 16.0. The molecule has 11 N–H and O–H groups in total. The summed E-state index contributed by atoms with van der Waals surface area (Å²) < 4.78 is 0. The summed E-state index contributed by atoms with van der Waals surface area (Å²) in [5, 5.41) is 16.4. The second-order valence-corrected chi connectivity index (χ2v) is 7.88. The van der Waals surface area contributed by atoms with Crippen LogP contribution in [0.5, 0.6) is 0 Å². The van der Waals surface area contributed by atoms with Crippen LogP contribution in [0.1, 0.15) is 38.8 Å². The van der Waals surface area contributed by atoms with Crippen molar-refractivity contribution < 1.29 is 24.3 Å². The number of hydrogen-bond acceptors (Lipinski definition) is 7. The number of hydrogen-bond donors (Lipinski definition) is 8. The van der Waals surface area contributed by atoms with Crippen LogP contribution in [0.3, 0.4) is 0 Å². The van der Waals surface area contributed by atoms with E-state index >= 15 is 0 Å². The van der Waals surface area contributed by atoms with E-state index in [-0.39, 0.29) is 18.3 Å². The number of carbonyl (C=O) groups is 4. The lowest BCUT2D eigenvalue weighted by Gasteiger charge is -2.27. The summed E-state index contributed by atoms with van der Waals surface area (Å²) in [5.41, 5.74) is 17.0. The Morgan fingerprint density at radius 3 is 2.44 bits per heavy atom. The summed E-state index contributed by atoms with van der Waals surface area (Å²) in [7, 11) is 0. The standard InChI is InChI=1S/C20H35N9O5/c1-3-11(2)16(29-17(32)13(21)5-4-6-25-20(22)23)19(34)28-14(7-12-8-24-10-27-12)18(33)26-9-15(30)31/h8,10-11,13-14,16H,3-7,9,21H2,1-2H3,(H,24,27)(H,26,33)(H,28,34)(H,29,32)(H,30,31)(H4,22,23,25). The van der Waals surface area contributed by atoms with Crippen molar-refractivity contribution in [3.63, 3.8) is 0 Å². The second kappa shape index (κ2) is 14.5. The van der Waals surface area contributed by atoms with Gasteiger partial charge in [0.15, 0.2) is 5.96 Å². The third-order valence-corrected chi connectivity index (χ3v) is 5.12. The van der Waals surface area contributed by atoms with Crippen molar-refractivity contribution in [2.24, 2.45) is 28.1 Å². The predicted octanol–water partition coefficient (Wildman–Crippen LogP) is -2.45. The monoisotopic (exact) mass is 481 g/mol. The van der Waals surface area contributed by atoms with Crippen LogP contribution in [-0.2, 0) is 25.6 Å². The van der Waals surface area contributed by atoms with E-state index in [4.69, 9.17) is 22.3 Å². The molecule has 0 aromatic carbocycles. The van der Waals surface area contributed by atoms with Crippen molar-refractivity contribution >= 4 is 29.7 Å². The number of aliphatic imine (C=N–C) groups is 1. The number of imidazole rings is 1. The molecule has 1 rings (SSSR count). The van der Waals surface area contributed by atoms with Crippen LogP contribution in [-0.4, -0.2) is 75.9 Å². The largest absolute Gasteiger partial charge is 0.480 e. The molecule has 1 aromatic rings. The number of amides is 3. The van der Waals surface area contributed by atoms with Crippen LogP contribution in [0, 0.1) is 5.92 Å². The Balaban J connectivity index is 2.87. The van der Waals surface area contributed by atoms with Gasteiger partial charge in [-0.05, 0) is 18.8 Å². The number of nitrogens with one attached hydrogen (secondary N) is 4. The number of aromatic nitrogens is 2. The fourth-order valence-electron chi connectivity index (χ4n) is 2.99. The molecule has 3 amide bonds. The van der Waals surface area contributed by atoms with Gasteiger partial charge < -0.3 is 43.2 Å². The summed E-state index contributed by atoms with van der Waals surface area (Å²) in [6.45, 7) is 3.35. The number of aliphatic carboxylic acids is 1. The molecule has 0 aliphatic heterocycles. The average Bonchev–Trinajstić information content (AvgIpc) is 3.30. The van der Waals surface area contributed by atoms with E-state index < -0.39 is 48.4 Å². The lowest BCUT2D eigenvalue weighted by Crippen LogP contribution is -2.58. The first kappa shape index (κ1) is 28.4. The zero-order valence-electron chi connectivity index (χ0n) is 19.4. The van der Waals surface area contributed by atoms with Gasteiger partial charge in [0.2, 0.25) is 17.7 Å². The molecule has 0 saturated heterocycles. The molecular weight excluding hydrogens is 446 g/mol. The highest BCUT2D eigenvalue weighted by molar-refractivity contribution is 5.94. The number of aromatic amines is 1. The molecule has 0 aliphatic rings. The van der Waals surface area contributed by atoms with Crippen molar-refractivity contribution in [2.45, 2.75) is 57.7 Å². The van der Waals surface area contributed by atoms with Gasteiger partial charge in [-0.15, -0.1) is 0 Å². The van der Waals surface area contributed by atoms with Gasteiger partial charge in [0.05, 0.1) is 12.4 Å². The van der Waals surface area contributed by atoms with Gasteiger partial charge in [0.1, 0.15) is 18.6 Å². The van der Waals surface area contributed by atoms with Gasteiger partial charge in [0, 0.05) is 24.9 Å². The molecule has 34 heavy (non-hydrogen) atoms. The summed E-state index contributed by atoms with van der Waals surface area (Å²) in [4.78, 5) is 59.6. The molecular formula is C20H35N9O5. The molecule has 0 fully saturated rings. The highest BCUT2D eigenvalue weighted by atomic mass is 16.4. The Bertz CT molecular complexity index is 839. The van der Waals surface area contributed by atoms with Crippen LogP contribution in [0.25, 0.3) is 0 Å². The SMILES string of the molecule is CCC(C)C(NC(=O)C(N)CCCN=C(N)N)C(=O)NC(Cc1cnc[nH]1)C(=O)NCC(=O)O. The highest BCUT2D eigenvalue weighted by Gasteiger charge is 2.31. The lowest BCUT2D eigenvalue weighted by atomic mass is 9.97. The van der Waals surface area contributed by atoms with Gasteiger partial charge in [0.25, 0.3) is 0 Å². The quantitative estimate of drug-likeness (QED) is 0.0751. The van der Waals surface area contributed by atoms with E-state index in [0.29, 0.717) is 31.5 Å². The van der Waals surface area contributed by atoms with Crippen molar-refractivity contribution in [3.8, 4) is 0 Å². The molecule has 0 saturated carbocycles. The number of guanidine groups is 1. The molecule has 0 radical (unpaired) electrons. The van der Waals surface area contributed by atoms with Crippen LogP contribution >= 0.6 is 0 Å². The number of H-pyrrole nitrogens is 1. The molecule has 190 valence electrons. The maximum atomic E-state index is 13.1. The summed E-state index contributed by atoms with van der Waals surface area (Å²) in [5.74, 6) is -3.35. The van der Waals surface area contributed by atoms with Gasteiger partial charge in [-0.25, -0.2) is 4.98 Å². The van der Waals surface area contributed by atoms with E-state index in [9.17, 15) is 19.2 Å². The summed E-state index contributed by atoms with van der Waals surface area (Å²) in [6.07, 6.45) is 4.29. The normalized spacial score (nSPS) is 14.2. The van der Waals surface area contributed by atoms with E-state index in [1.54, 1.807) is 6.92 Å². The van der Waals surface area contributed by atoms with Crippen LogP contribution in [0.4, 0.5) is 0 Å². The second-order valence-electron chi connectivity index (χ2n) is 7.88. The minimum atomic E-state index is -1.22. The zero-order chi connectivity index (χ0) is 25.7. The number of rotatable bonds is 15. The average molecular weight is 482 g/mol. The molecule has 4 unspecified atom stereocenters. The Morgan fingerprint density at radius 1 is 1.18 bits per heavy atom. The number of nitrogens with zero attached hydrogens (tertiary/aromatic N) is 2. The van der Waals surface area contributed by atoms with E-state index in [1.165, 1.54) is 12.5 Å². The van der Waals surface area contributed by atoms with Crippen LogP contribution in [0.2, 0.25) is 0 Å². The van der Waals surface area contributed by atoms with Crippen molar-refractivity contribution in [3.05, 3.63) is 18.2 Å². The van der Waals surface area contributed by atoms with Crippen LogP contribution in [0.15, 0.2) is 17.5 Å². The molecule has 0 spiro atoms. The summed E-state index contributed by atoms with van der Waals surface area (Å²) >= 11 is 0. The minimum absolute atomic E-state index is 0.0443. The van der Waals surface area contributed by atoms with E-state index in [1.807, 2.05) is 6.92 Å². The smallest absolute Gasteiger partial charge is 0.322 e. The van der Waals surface area contributed by atoms with Crippen molar-refractivity contribution in [2.75, 3.05) is 13.1 Å². The fraction of sp³-hybridized carbons (Fsp3) is 0.600. The van der Waals surface area contributed by atoms with Crippen molar-refractivity contribution in [1.82, 2.24) is 25.9 Å². The molecule has 1 heterocycles. The third-order valence-electron chi connectivity index (χ3n) is 5.12. The van der Waals surface area contributed by atoms with Gasteiger partial charge >= 0.3 is 5.97 Å². The Morgan fingerprint density at radius 2 is 1.88 bits per heavy atom. The minimum Gasteiger partial charge on any atom is -0.480 e. The number of carboxylic acid groups (broad SMARTS) is 1. The number of carboxylic acids is 1. The number of nitrogens with two attached hydrogens (primary N) is 3. The first-order valence-electron chi connectivity index (χ1n) is 10.9. The molecule has 0 bridgehead atoms. The number of carbonyl (C=O) groups excluding carboxylic acids is 3.